The van der Waals surface area contributed by atoms with Gasteiger partial charge in [0.1, 0.15) is 16.4 Å². The Bertz CT molecular complexity index is 914. The quantitative estimate of drug-likeness (QED) is 0.564. The van der Waals surface area contributed by atoms with Gasteiger partial charge in [-0.05, 0) is 49.4 Å². The summed E-state index contributed by atoms with van der Waals surface area (Å²) in [5, 5.41) is 0. The number of nitrogens with one attached hydrogen (secondary N) is 2. The number of thiophene rings is 1. The smallest absolute Gasteiger partial charge is 0.276 e. The van der Waals surface area contributed by atoms with Gasteiger partial charge in [0.05, 0.1) is 19.1 Å². The van der Waals surface area contributed by atoms with Gasteiger partial charge in [-0.1, -0.05) is 6.42 Å². The number of methoxy groups -OCH3 is 2. The number of hydrogen-bond donors (Lipinski definition) is 2. The Kier molecular flexibility index (Phi) is 6.03. The van der Waals surface area contributed by atoms with Crippen LogP contribution in [0, 0.1) is 0 Å². The van der Waals surface area contributed by atoms with E-state index in [-0.39, 0.29) is 10.6 Å². The molecule has 0 saturated carbocycles. The number of aryl methyl sites for hydroxylation is 2. The van der Waals surface area contributed by atoms with Crippen molar-refractivity contribution in [1.29, 1.82) is 0 Å². The van der Waals surface area contributed by atoms with Crippen molar-refractivity contribution in [3.63, 3.8) is 0 Å². The predicted molar refractivity (Wildman–Crippen MR) is 103 cm³/mol. The van der Waals surface area contributed by atoms with E-state index in [0.717, 1.165) is 25.7 Å². The molecule has 7 nitrogen and oxygen atoms in total. The van der Waals surface area contributed by atoms with Crippen molar-refractivity contribution in [3.05, 3.63) is 39.6 Å². The highest BCUT2D eigenvalue weighted by Crippen LogP contribution is 2.29. The third-order valence-corrected chi connectivity index (χ3v) is 6.93. The molecule has 1 aliphatic carbocycles. The molecule has 9 heteroatoms. The molecule has 1 aliphatic rings. The van der Waals surface area contributed by atoms with Gasteiger partial charge < -0.3 is 9.47 Å². The van der Waals surface area contributed by atoms with E-state index in [0.29, 0.717) is 10.6 Å². The lowest BCUT2D eigenvalue weighted by molar-refractivity contribution is 0.0949. The molecule has 0 radical (unpaired) electrons. The van der Waals surface area contributed by atoms with Crippen LogP contribution in [-0.2, 0) is 22.9 Å². The summed E-state index contributed by atoms with van der Waals surface area (Å²) >= 11 is 1.43. The fourth-order valence-corrected chi connectivity index (χ4v) is 5.18. The zero-order valence-corrected chi connectivity index (χ0v) is 16.8. The largest absolute Gasteiger partial charge is 0.497 e. The molecule has 1 amide bonds. The molecule has 1 aromatic heterocycles. The molecule has 146 valence electrons. The Labute approximate surface area is 162 Å². The molecular weight excluding hydrogens is 388 g/mol. The molecule has 1 aromatic carbocycles. The lowest BCUT2D eigenvalue weighted by Crippen LogP contribution is -2.41. The van der Waals surface area contributed by atoms with Crippen molar-refractivity contribution < 1.29 is 22.7 Å². The highest BCUT2D eigenvalue weighted by Gasteiger charge is 2.23. The molecule has 2 N–H and O–H groups in total. The molecule has 1 heterocycles. The van der Waals surface area contributed by atoms with Gasteiger partial charge in [0.15, 0.2) is 0 Å². The zero-order chi connectivity index (χ0) is 19.4. The normalized spacial score (nSPS) is 14.1. The maximum atomic E-state index is 12.6. The zero-order valence-electron chi connectivity index (χ0n) is 15.2. The van der Waals surface area contributed by atoms with E-state index in [1.807, 2.05) is 6.07 Å². The van der Waals surface area contributed by atoms with Gasteiger partial charge in [0, 0.05) is 10.9 Å². The number of fused-ring (bicyclic) bond motifs is 1. The third kappa shape index (κ3) is 4.42. The van der Waals surface area contributed by atoms with E-state index >= 15 is 0 Å². The van der Waals surface area contributed by atoms with Gasteiger partial charge >= 0.3 is 0 Å². The fraction of sp³-hybridized carbons (Fsp3) is 0.389. The van der Waals surface area contributed by atoms with Crippen LogP contribution >= 0.6 is 11.3 Å². The topological polar surface area (TPSA) is 93.7 Å². The van der Waals surface area contributed by atoms with Gasteiger partial charge in [0.25, 0.3) is 15.9 Å². The number of ether oxygens (including phenoxy) is 2. The fourth-order valence-electron chi connectivity index (χ4n) is 3.00. The van der Waals surface area contributed by atoms with Crippen LogP contribution in [0.5, 0.6) is 11.5 Å². The average Bonchev–Trinajstić information content (AvgIpc) is 2.96. The number of rotatable bonds is 6. The molecule has 0 aliphatic heterocycles. The first-order valence-corrected chi connectivity index (χ1v) is 10.9. The molecule has 2 aromatic rings. The molecule has 27 heavy (non-hydrogen) atoms. The monoisotopic (exact) mass is 410 g/mol. The third-order valence-electron chi connectivity index (χ3n) is 4.43. The summed E-state index contributed by atoms with van der Waals surface area (Å²) in [5.41, 5.74) is 3.48. The Balaban J connectivity index is 1.75. The van der Waals surface area contributed by atoms with Crippen molar-refractivity contribution in [2.24, 2.45) is 0 Å². The van der Waals surface area contributed by atoms with E-state index in [4.69, 9.17) is 9.47 Å². The van der Waals surface area contributed by atoms with E-state index in [9.17, 15) is 13.2 Å². The number of carbonyl (C=O) groups excluding carboxylic acids is 1. The first-order valence-electron chi connectivity index (χ1n) is 8.60. The summed E-state index contributed by atoms with van der Waals surface area (Å²) in [6.07, 6.45) is 5.38. The van der Waals surface area contributed by atoms with Crippen molar-refractivity contribution >= 4 is 27.3 Å². The van der Waals surface area contributed by atoms with Crippen molar-refractivity contribution in [2.75, 3.05) is 14.2 Å². The second-order valence-electron chi connectivity index (χ2n) is 6.20. The second-order valence-corrected chi connectivity index (χ2v) is 8.98. The number of amides is 1. The predicted octanol–water partition coefficient (Wildman–Crippen LogP) is 2.66. The molecule has 0 unspecified atom stereocenters. The minimum Gasteiger partial charge on any atom is -0.497 e. The first kappa shape index (κ1) is 19.7. The van der Waals surface area contributed by atoms with E-state index in [1.54, 1.807) is 6.07 Å². The van der Waals surface area contributed by atoms with Crippen LogP contribution in [0.4, 0.5) is 0 Å². The van der Waals surface area contributed by atoms with Crippen LogP contribution in [0.1, 0.15) is 39.4 Å². The van der Waals surface area contributed by atoms with E-state index in [2.05, 4.69) is 10.3 Å². The van der Waals surface area contributed by atoms with Crippen LogP contribution in [0.2, 0.25) is 0 Å². The number of hydrogen-bond acceptors (Lipinski definition) is 6. The van der Waals surface area contributed by atoms with E-state index in [1.165, 1.54) is 54.6 Å². The molecule has 3 rings (SSSR count). The van der Waals surface area contributed by atoms with Crippen LogP contribution in [-0.4, -0.2) is 28.5 Å². The lowest BCUT2D eigenvalue weighted by Gasteiger charge is -2.12. The van der Waals surface area contributed by atoms with Gasteiger partial charge in [-0.15, -0.1) is 16.2 Å². The molecule has 0 bridgehead atoms. The summed E-state index contributed by atoms with van der Waals surface area (Å²) in [4.78, 5) is 16.2. The van der Waals surface area contributed by atoms with Gasteiger partial charge in [0.2, 0.25) is 0 Å². The second kappa shape index (κ2) is 8.28. The maximum absolute atomic E-state index is 12.6. The molecular formula is C18H22N2O5S2. The van der Waals surface area contributed by atoms with Gasteiger partial charge in [-0.3, -0.25) is 10.2 Å². The van der Waals surface area contributed by atoms with Crippen molar-refractivity contribution in [2.45, 2.75) is 37.0 Å². The summed E-state index contributed by atoms with van der Waals surface area (Å²) in [6.45, 7) is 0. The van der Waals surface area contributed by atoms with Crippen LogP contribution < -0.4 is 19.7 Å². The number of benzene rings is 1. The number of sulfonamides is 1. The van der Waals surface area contributed by atoms with Gasteiger partial charge in [-0.2, -0.15) is 0 Å². The van der Waals surface area contributed by atoms with Gasteiger partial charge in [-0.25, -0.2) is 8.42 Å². The Morgan fingerprint density at radius 2 is 1.85 bits per heavy atom. The lowest BCUT2D eigenvalue weighted by atomic mass is 10.1. The summed E-state index contributed by atoms with van der Waals surface area (Å²) in [7, 11) is -1.22. The molecule has 0 fully saturated rings. The van der Waals surface area contributed by atoms with Crippen LogP contribution in [0.15, 0.2) is 29.2 Å². The molecule has 0 spiro atoms. The average molecular weight is 411 g/mol. The minimum absolute atomic E-state index is 0.119. The minimum atomic E-state index is -4.03. The van der Waals surface area contributed by atoms with Crippen molar-refractivity contribution in [3.8, 4) is 11.5 Å². The maximum Gasteiger partial charge on any atom is 0.276 e. The van der Waals surface area contributed by atoms with Crippen LogP contribution in [0.3, 0.4) is 0 Å². The first-order chi connectivity index (χ1) is 12.9. The standard InChI is InChI=1S/C18H22N2O5S2/c1-24-13-8-9-14(25-2)17(11-13)27(22,23)20-19-18(21)16-10-12-6-4-3-5-7-15(12)26-16/h8-11,20H,3-7H2,1-2H3,(H,19,21). The molecule has 0 saturated heterocycles. The van der Waals surface area contributed by atoms with E-state index < -0.39 is 15.9 Å². The highest BCUT2D eigenvalue weighted by molar-refractivity contribution is 7.89. The van der Waals surface area contributed by atoms with Crippen molar-refractivity contribution in [1.82, 2.24) is 10.3 Å². The number of carbonyl (C=O) groups is 1. The Morgan fingerprint density at radius 3 is 2.59 bits per heavy atom. The van der Waals surface area contributed by atoms with Crippen LogP contribution in [0.25, 0.3) is 0 Å². The summed E-state index contributed by atoms with van der Waals surface area (Å²) in [6, 6.07) is 6.28. The highest BCUT2D eigenvalue weighted by atomic mass is 32.2. The Hall–Kier alpha value is -2.10. The summed E-state index contributed by atoms with van der Waals surface area (Å²) < 4.78 is 35.4. The molecule has 0 atom stereocenters. The SMILES string of the molecule is COc1ccc(OC)c(S(=O)(=O)NNC(=O)c2cc3c(s2)CCCCC3)c1. The Morgan fingerprint density at radius 1 is 1.07 bits per heavy atom. The number of hydrazine groups is 1. The summed E-state index contributed by atoms with van der Waals surface area (Å²) in [5.74, 6) is 0.0448.